The summed E-state index contributed by atoms with van der Waals surface area (Å²) in [5.74, 6) is -0.115. The van der Waals surface area contributed by atoms with Crippen molar-refractivity contribution in [3.63, 3.8) is 0 Å². The van der Waals surface area contributed by atoms with Crippen LogP contribution in [0.15, 0.2) is 59.7 Å². The SMILES string of the molecule is Cc1cn(-c2ccc3c(c2)OC(F)(F)O3)c(=NC(=O)N[C@H](C)c2ccccc2)s1. The number of thiazole rings is 1. The number of carbonyl (C=O) groups excluding carboxylic acids is 1. The van der Waals surface area contributed by atoms with Crippen LogP contribution < -0.4 is 19.6 Å². The summed E-state index contributed by atoms with van der Waals surface area (Å²) < 4.78 is 37.1. The van der Waals surface area contributed by atoms with Crippen molar-refractivity contribution in [3.05, 3.63) is 70.0 Å². The van der Waals surface area contributed by atoms with Gasteiger partial charge in [0.2, 0.25) is 0 Å². The number of hydrogen-bond acceptors (Lipinski definition) is 4. The van der Waals surface area contributed by atoms with Crippen molar-refractivity contribution < 1.29 is 23.0 Å². The van der Waals surface area contributed by atoms with E-state index in [2.05, 4.69) is 19.8 Å². The molecule has 1 aliphatic rings. The highest BCUT2D eigenvalue weighted by molar-refractivity contribution is 7.09. The van der Waals surface area contributed by atoms with Crippen LogP contribution in [0, 0.1) is 6.92 Å². The summed E-state index contributed by atoms with van der Waals surface area (Å²) in [6.07, 6.45) is -1.91. The molecule has 1 aromatic heterocycles. The van der Waals surface area contributed by atoms with E-state index in [0.717, 1.165) is 10.4 Å². The molecule has 0 saturated heterocycles. The number of carbonyl (C=O) groups is 1. The largest absolute Gasteiger partial charge is 0.586 e. The van der Waals surface area contributed by atoms with Gasteiger partial charge in [-0.05, 0) is 31.5 Å². The van der Waals surface area contributed by atoms with E-state index in [0.29, 0.717) is 10.5 Å². The van der Waals surface area contributed by atoms with Gasteiger partial charge in [0.05, 0.1) is 11.7 Å². The monoisotopic (exact) mass is 417 g/mol. The second-order valence-corrected chi connectivity index (χ2v) is 7.70. The third-order valence-electron chi connectivity index (χ3n) is 4.27. The number of nitrogens with zero attached hydrogens (tertiary/aromatic N) is 2. The third kappa shape index (κ3) is 4.14. The Morgan fingerprint density at radius 2 is 1.90 bits per heavy atom. The lowest BCUT2D eigenvalue weighted by Gasteiger charge is -2.11. The predicted molar refractivity (Wildman–Crippen MR) is 104 cm³/mol. The molecule has 150 valence electrons. The Balaban J connectivity index is 1.61. The summed E-state index contributed by atoms with van der Waals surface area (Å²) >= 11 is 1.31. The van der Waals surface area contributed by atoms with Crippen molar-refractivity contribution in [2.45, 2.75) is 26.2 Å². The average molecular weight is 417 g/mol. The molecule has 9 heteroatoms. The second-order valence-electron chi connectivity index (χ2n) is 6.49. The number of amides is 2. The minimum absolute atomic E-state index is 0.0424. The molecule has 0 saturated carbocycles. The van der Waals surface area contributed by atoms with Crippen molar-refractivity contribution >= 4 is 17.4 Å². The molecule has 0 bridgehead atoms. The lowest BCUT2D eigenvalue weighted by atomic mass is 10.1. The van der Waals surface area contributed by atoms with Crippen molar-refractivity contribution in [3.8, 4) is 17.2 Å². The molecule has 4 rings (SSSR count). The van der Waals surface area contributed by atoms with Crippen LogP contribution in [0.4, 0.5) is 13.6 Å². The fourth-order valence-corrected chi connectivity index (χ4v) is 3.77. The smallest absolute Gasteiger partial charge is 0.395 e. The summed E-state index contributed by atoms with van der Waals surface area (Å²) in [7, 11) is 0. The molecule has 6 nitrogen and oxygen atoms in total. The molecule has 1 aliphatic heterocycles. The van der Waals surface area contributed by atoms with E-state index in [-0.39, 0.29) is 17.5 Å². The van der Waals surface area contributed by atoms with Crippen LogP contribution in [0.1, 0.15) is 23.4 Å². The Morgan fingerprint density at radius 1 is 1.17 bits per heavy atom. The maximum atomic E-state index is 13.3. The van der Waals surface area contributed by atoms with Gasteiger partial charge in [-0.2, -0.15) is 4.99 Å². The minimum atomic E-state index is -3.68. The minimum Gasteiger partial charge on any atom is -0.395 e. The Labute approximate surface area is 169 Å². The fraction of sp³-hybridized carbons (Fsp3) is 0.200. The molecule has 0 unspecified atom stereocenters. The standard InChI is InChI=1S/C20H17F2N3O3S/c1-12-11-25(15-8-9-16-17(10-15)28-20(21,22)27-16)19(29-12)24-18(26)23-13(2)14-6-4-3-5-7-14/h3-11,13H,1-2H3,(H,23,26)/t13-/m1/s1. The number of nitrogens with one attached hydrogen (secondary N) is 1. The fourth-order valence-electron chi connectivity index (χ4n) is 2.94. The quantitative estimate of drug-likeness (QED) is 0.681. The molecule has 1 N–H and O–H groups in total. The van der Waals surface area contributed by atoms with Gasteiger partial charge in [-0.1, -0.05) is 30.3 Å². The first-order chi connectivity index (χ1) is 13.8. The number of alkyl halides is 2. The van der Waals surface area contributed by atoms with Crippen LogP contribution in [0.2, 0.25) is 0 Å². The predicted octanol–water partition coefficient (Wildman–Crippen LogP) is 4.54. The average Bonchev–Trinajstić information content (AvgIpc) is 3.18. The third-order valence-corrected chi connectivity index (χ3v) is 5.17. The van der Waals surface area contributed by atoms with E-state index in [9.17, 15) is 13.6 Å². The van der Waals surface area contributed by atoms with Crippen molar-refractivity contribution in [1.82, 2.24) is 9.88 Å². The maximum Gasteiger partial charge on any atom is 0.586 e. The molecule has 0 aliphatic carbocycles. The van der Waals surface area contributed by atoms with Gasteiger partial charge in [-0.15, -0.1) is 20.1 Å². The van der Waals surface area contributed by atoms with Gasteiger partial charge in [-0.25, -0.2) is 4.79 Å². The lowest BCUT2D eigenvalue weighted by molar-refractivity contribution is -0.286. The highest BCUT2D eigenvalue weighted by atomic mass is 32.1. The van der Waals surface area contributed by atoms with E-state index in [1.165, 1.54) is 23.5 Å². The van der Waals surface area contributed by atoms with Gasteiger partial charge in [-0.3, -0.25) is 4.57 Å². The number of fused-ring (bicyclic) bond motifs is 1. The molecule has 1 atom stereocenters. The first kappa shape index (κ1) is 19.1. The van der Waals surface area contributed by atoms with Gasteiger partial charge in [0.1, 0.15) is 0 Å². The summed E-state index contributed by atoms with van der Waals surface area (Å²) in [4.78, 5) is 17.9. The molecule has 0 spiro atoms. The Hall–Kier alpha value is -3.20. The van der Waals surface area contributed by atoms with Crippen LogP contribution in [-0.2, 0) is 0 Å². The number of ether oxygens (including phenoxy) is 2. The van der Waals surface area contributed by atoms with Crippen LogP contribution in [-0.4, -0.2) is 16.9 Å². The van der Waals surface area contributed by atoms with Crippen molar-refractivity contribution in [1.29, 1.82) is 0 Å². The van der Waals surface area contributed by atoms with Gasteiger partial charge in [0.25, 0.3) is 0 Å². The second kappa shape index (κ2) is 7.32. The van der Waals surface area contributed by atoms with E-state index in [4.69, 9.17) is 0 Å². The first-order valence-corrected chi connectivity index (χ1v) is 9.62. The van der Waals surface area contributed by atoms with Crippen LogP contribution >= 0.6 is 11.3 Å². The molecule has 0 fully saturated rings. The van der Waals surface area contributed by atoms with Crippen molar-refractivity contribution in [2.24, 2.45) is 4.99 Å². The van der Waals surface area contributed by atoms with E-state index < -0.39 is 12.3 Å². The van der Waals surface area contributed by atoms with Crippen LogP contribution in [0.5, 0.6) is 11.5 Å². The van der Waals surface area contributed by atoms with Crippen LogP contribution in [0.25, 0.3) is 5.69 Å². The number of hydrogen-bond donors (Lipinski definition) is 1. The molecular formula is C20H17F2N3O3S. The molecule has 3 aromatic rings. The topological polar surface area (TPSA) is 64.8 Å². The Morgan fingerprint density at radius 3 is 2.66 bits per heavy atom. The first-order valence-electron chi connectivity index (χ1n) is 8.80. The summed E-state index contributed by atoms with van der Waals surface area (Å²) in [6.45, 7) is 3.74. The zero-order valence-corrected chi connectivity index (χ0v) is 16.4. The van der Waals surface area contributed by atoms with E-state index in [1.54, 1.807) is 16.8 Å². The van der Waals surface area contributed by atoms with Gasteiger partial charge in [0, 0.05) is 17.1 Å². The zero-order valence-electron chi connectivity index (χ0n) is 15.6. The summed E-state index contributed by atoms with van der Waals surface area (Å²) in [5, 5.41) is 2.83. The van der Waals surface area contributed by atoms with E-state index in [1.807, 2.05) is 44.2 Å². The lowest BCUT2D eigenvalue weighted by Crippen LogP contribution is -2.26. The Kier molecular flexibility index (Phi) is 4.83. The van der Waals surface area contributed by atoms with Crippen molar-refractivity contribution in [2.75, 3.05) is 0 Å². The number of benzene rings is 2. The molecule has 2 aromatic carbocycles. The summed E-state index contributed by atoms with van der Waals surface area (Å²) in [6, 6.07) is 13.2. The highest BCUT2D eigenvalue weighted by Crippen LogP contribution is 2.41. The zero-order chi connectivity index (χ0) is 20.6. The summed E-state index contributed by atoms with van der Waals surface area (Å²) in [5.41, 5.74) is 1.49. The number of aryl methyl sites for hydroxylation is 1. The molecule has 2 heterocycles. The Bertz CT molecular complexity index is 1130. The number of urea groups is 1. The van der Waals surface area contributed by atoms with E-state index >= 15 is 0 Å². The number of aromatic nitrogens is 1. The van der Waals surface area contributed by atoms with Gasteiger partial charge >= 0.3 is 12.3 Å². The molecule has 0 radical (unpaired) electrons. The number of halogens is 2. The normalized spacial score (nSPS) is 15.9. The molecule has 2 amide bonds. The van der Waals surface area contributed by atoms with Crippen LogP contribution in [0.3, 0.4) is 0 Å². The number of rotatable bonds is 3. The van der Waals surface area contributed by atoms with Gasteiger partial charge < -0.3 is 14.8 Å². The van der Waals surface area contributed by atoms with Gasteiger partial charge in [0.15, 0.2) is 16.3 Å². The maximum absolute atomic E-state index is 13.3. The molecule has 29 heavy (non-hydrogen) atoms. The highest BCUT2D eigenvalue weighted by Gasteiger charge is 2.43. The molecular weight excluding hydrogens is 400 g/mol.